The number of nitrogens with zero attached hydrogens (tertiary/aromatic N) is 4. The van der Waals surface area contributed by atoms with Crippen molar-refractivity contribution in [1.82, 2.24) is 14.8 Å². The summed E-state index contributed by atoms with van der Waals surface area (Å²) in [5, 5.41) is 15.2. The van der Waals surface area contributed by atoms with Crippen LogP contribution in [0.5, 0.6) is 0 Å². The number of pyridine rings is 1. The summed E-state index contributed by atoms with van der Waals surface area (Å²) in [6.07, 6.45) is -7.25. The lowest BCUT2D eigenvalue weighted by molar-refractivity contribution is -0.192. The van der Waals surface area contributed by atoms with E-state index < -0.39 is 23.9 Å². The Kier molecular flexibility index (Phi) is 7.95. The zero-order chi connectivity index (χ0) is 28.2. The van der Waals surface area contributed by atoms with Crippen LogP contribution in [0.1, 0.15) is 5.56 Å². The first-order chi connectivity index (χ1) is 18.4. The predicted molar refractivity (Wildman–Crippen MR) is 130 cm³/mol. The topological polar surface area (TPSA) is 92.5 Å². The van der Waals surface area contributed by atoms with Gasteiger partial charge in [-0.2, -0.15) is 31.4 Å². The van der Waals surface area contributed by atoms with Crippen LogP contribution in [0.3, 0.4) is 0 Å². The number of carboxylic acid groups (broad SMARTS) is 1. The maximum Gasteiger partial charge on any atom is 0.490 e. The molecule has 0 unspecified atom stereocenters. The molecular weight excluding hydrogens is 532 g/mol. The van der Waals surface area contributed by atoms with Gasteiger partial charge in [-0.05, 0) is 30.3 Å². The Bertz CT molecular complexity index is 1430. The van der Waals surface area contributed by atoms with Gasteiger partial charge in [-0.3, -0.25) is 0 Å². The third kappa shape index (κ3) is 6.76. The number of hydrogen-bond acceptors (Lipinski definition) is 6. The number of carboxylic acids is 1. The summed E-state index contributed by atoms with van der Waals surface area (Å²) < 4.78 is 79.5. The molecule has 0 bridgehead atoms. The first-order valence-electron chi connectivity index (χ1n) is 11.4. The average molecular weight is 553 g/mol. The Balaban J connectivity index is 0.000000448. The fraction of sp³-hybridized carbons (Fsp3) is 0.240. The van der Waals surface area contributed by atoms with E-state index in [9.17, 15) is 26.3 Å². The lowest BCUT2D eigenvalue weighted by atomic mass is 10.2. The number of ether oxygens (including phenoxy) is 1. The van der Waals surface area contributed by atoms with Crippen LogP contribution in [-0.2, 0) is 15.7 Å². The van der Waals surface area contributed by atoms with Crippen LogP contribution < -0.4 is 10.2 Å². The van der Waals surface area contributed by atoms with Gasteiger partial charge in [0.25, 0.3) is 0 Å². The van der Waals surface area contributed by atoms with E-state index in [1.165, 1.54) is 10.7 Å². The Hall–Kier alpha value is -4.33. The lowest BCUT2D eigenvalue weighted by Gasteiger charge is -2.28. The molecule has 2 N–H and O–H groups in total. The van der Waals surface area contributed by atoms with Crippen molar-refractivity contribution in [2.45, 2.75) is 12.4 Å². The number of carbonyl (C=O) groups is 1. The third-order valence-corrected chi connectivity index (χ3v) is 5.65. The minimum Gasteiger partial charge on any atom is -0.475 e. The quantitative estimate of drug-likeness (QED) is 0.316. The number of nitrogens with one attached hydrogen (secondary N) is 1. The second-order valence-corrected chi connectivity index (χ2v) is 8.27. The highest BCUT2D eigenvalue weighted by Gasteiger charge is 2.38. The van der Waals surface area contributed by atoms with E-state index in [1.54, 1.807) is 18.3 Å². The van der Waals surface area contributed by atoms with Crippen molar-refractivity contribution in [2.75, 3.05) is 36.5 Å². The molecule has 1 fully saturated rings. The molecule has 0 atom stereocenters. The van der Waals surface area contributed by atoms with Crippen LogP contribution in [0.2, 0.25) is 0 Å². The number of para-hydroxylation sites is 1. The molecule has 1 saturated heterocycles. The SMILES string of the molecule is FC(F)(F)c1cnc(Nc2ccc(N3CCOCC3)cc2)cc1-n1ncc2ccccc21.O=C(O)C(F)(F)F. The molecule has 2 aromatic carbocycles. The summed E-state index contributed by atoms with van der Waals surface area (Å²) in [7, 11) is 0. The monoisotopic (exact) mass is 553 g/mol. The Morgan fingerprint density at radius 2 is 1.59 bits per heavy atom. The molecule has 0 amide bonds. The summed E-state index contributed by atoms with van der Waals surface area (Å²) in [6, 6.07) is 16.2. The van der Waals surface area contributed by atoms with E-state index in [0.29, 0.717) is 24.5 Å². The number of aliphatic carboxylic acids is 1. The molecule has 8 nitrogen and oxygen atoms in total. The van der Waals surface area contributed by atoms with Crippen LogP contribution in [-0.4, -0.2) is 58.3 Å². The zero-order valence-electron chi connectivity index (χ0n) is 20.0. The molecule has 4 aromatic rings. The van der Waals surface area contributed by atoms with Crippen molar-refractivity contribution in [2.24, 2.45) is 0 Å². The van der Waals surface area contributed by atoms with Crippen molar-refractivity contribution in [3.8, 4) is 5.69 Å². The highest BCUT2D eigenvalue weighted by molar-refractivity contribution is 5.80. The normalized spacial score (nSPS) is 14.1. The first-order valence-corrected chi connectivity index (χ1v) is 11.4. The molecule has 2 aromatic heterocycles. The highest BCUT2D eigenvalue weighted by Crippen LogP contribution is 2.36. The van der Waals surface area contributed by atoms with Crippen LogP contribution >= 0.6 is 0 Å². The number of aromatic nitrogens is 3. The second kappa shape index (κ2) is 11.2. The molecule has 3 heterocycles. The van der Waals surface area contributed by atoms with Crippen molar-refractivity contribution in [1.29, 1.82) is 0 Å². The van der Waals surface area contributed by atoms with Crippen LogP contribution in [0.25, 0.3) is 16.6 Å². The van der Waals surface area contributed by atoms with Gasteiger partial charge in [0, 0.05) is 42.1 Å². The van der Waals surface area contributed by atoms with Gasteiger partial charge in [-0.15, -0.1) is 0 Å². The summed E-state index contributed by atoms with van der Waals surface area (Å²) in [5.41, 5.74) is 1.46. The van der Waals surface area contributed by atoms with Crippen molar-refractivity contribution in [3.63, 3.8) is 0 Å². The number of hydrogen-bond donors (Lipinski definition) is 2. The van der Waals surface area contributed by atoms with E-state index in [2.05, 4.69) is 20.3 Å². The van der Waals surface area contributed by atoms with Crippen LogP contribution in [0.4, 0.5) is 43.5 Å². The molecule has 5 rings (SSSR count). The molecule has 0 spiro atoms. The van der Waals surface area contributed by atoms with Crippen molar-refractivity contribution >= 4 is 34.1 Å². The van der Waals surface area contributed by atoms with E-state index >= 15 is 0 Å². The standard InChI is InChI=1S/C23H20F3N5O.C2HF3O2/c24-23(25,26)19-15-27-22(13-21(19)31-20-4-2-1-3-16(20)14-28-31)29-17-5-7-18(8-6-17)30-9-11-32-12-10-30;3-2(4,5)1(6)7/h1-8,13-15H,9-12H2,(H,27,29);(H,6,7). The number of anilines is 3. The van der Waals surface area contributed by atoms with Gasteiger partial charge in [0.15, 0.2) is 0 Å². The van der Waals surface area contributed by atoms with E-state index in [4.69, 9.17) is 14.6 Å². The molecule has 206 valence electrons. The Morgan fingerprint density at radius 3 is 2.21 bits per heavy atom. The summed E-state index contributed by atoms with van der Waals surface area (Å²) >= 11 is 0. The first kappa shape index (κ1) is 27.7. The molecule has 1 aliphatic heterocycles. The van der Waals surface area contributed by atoms with Gasteiger partial charge in [-0.25, -0.2) is 14.5 Å². The highest BCUT2D eigenvalue weighted by atomic mass is 19.4. The summed E-state index contributed by atoms with van der Waals surface area (Å²) in [4.78, 5) is 15.1. The molecule has 1 aliphatic rings. The number of rotatable bonds is 4. The van der Waals surface area contributed by atoms with Gasteiger partial charge in [0.1, 0.15) is 5.82 Å². The molecule has 0 aliphatic carbocycles. The van der Waals surface area contributed by atoms with Gasteiger partial charge >= 0.3 is 18.3 Å². The van der Waals surface area contributed by atoms with E-state index in [1.807, 2.05) is 36.4 Å². The van der Waals surface area contributed by atoms with Crippen molar-refractivity contribution < 1.29 is 41.0 Å². The number of alkyl halides is 6. The lowest BCUT2D eigenvalue weighted by Crippen LogP contribution is -2.36. The van der Waals surface area contributed by atoms with Crippen LogP contribution in [0, 0.1) is 0 Å². The fourth-order valence-corrected chi connectivity index (χ4v) is 3.80. The molecule has 0 saturated carbocycles. The fourth-order valence-electron chi connectivity index (χ4n) is 3.80. The van der Waals surface area contributed by atoms with Crippen molar-refractivity contribution in [3.05, 3.63) is 72.6 Å². The van der Waals surface area contributed by atoms with Gasteiger partial charge in [0.2, 0.25) is 0 Å². The number of morpholine rings is 1. The predicted octanol–water partition coefficient (Wildman–Crippen LogP) is 5.65. The van der Waals surface area contributed by atoms with Gasteiger partial charge < -0.3 is 20.1 Å². The Morgan fingerprint density at radius 1 is 0.949 bits per heavy atom. The van der Waals surface area contributed by atoms with E-state index in [-0.39, 0.29) is 5.69 Å². The number of benzene rings is 2. The maximum absolute atomic E-state index is 13.7. The number of halogens is 6. The largest absolute Gasteiger partial charge is 0.490 e. The molecule has 14 heteroatoms. The zero-order valence-corrected chi connectivity index (χ0v) is 20.0. The maximum atomic E-state index is 13.7. The average Bonchev–Trinajstić information content (AvgIpc) is 3.33. The molecule has 0 radical (unpaired) electrons. The number of fused-ring (bicyclic) bond motifs is 1. The summed E-state index contributed by atoms with van der Waals surface area (Å²) in [5.74, 6) is -2.46. The minimum absolute atomic E-state index is 0.0823. The molecular formula is C25H21F6N5O3. The van der Waals surface area contributed by atoms with E-state index in [0.717, 1.165) is 36.0 Å². The van der Waals surface area contributed by atoms with Crippen LogP contribution in [0.15, 0.2) is 67.0 Å². The third-order valence-electron chi connectivity index (χ3n) is 5.65. The van der Waals surface area contributed by atoms with Gasteiger partial charge in [0.05, 0.1) is 36.2 Å². The second-order valence-electron chi connectivity index (χ2n) is 8.27. The minimum atomic E-state index is -5.08. The van der Waals surface area contributed by atoms with Gasteiger partial charge in [-0.1, -0.05) is 18.2 Å². The molecule has 39 heavy (non-hydrogen) atoms. The Labute approximate surface area is 217 Å². The smallest absolute Gasteiger partial charge is 0.475 e. The summed E-state index contributed by atoms with van der Waals surface area (Å²) in [6.45, 7) is 3.05.